The van der Waals surface area contributed by atoms with Crippen LogP contribution in [0.5, 0.6) is 0 Å². The largest absolute Gasteiger partial charge is 0.460 e. The topological polar surface area (TPSA) is 83.3 Å². The average molecular weight is 276 g/mol. The van der Waals surface area contributed by atoms with E-state index in [-0.39, 0.29) is 37.7 Å². The van der Waals surface area contributed by atoms with Gasteiger partial charge in [0.2, 0.25) is 0 Å². The Morgan fingerprint density at radius 3 is 1.16 bits per heavy atom. The number of hydrogen-bond donors (Lipinski definition) is 1. The molecule has 0 aromatic carbocycles. The summed E-state index contributed by atoms with van der Waals surface area (Å²) in [5.41, 5.74) is 0. The second-order valence-electron chi connectivity index (χ2n) is 4.02. The van der Waals surface area contributed by atoms with Crippen LogP contribution < -0.4 is 4.90 Å². The molecule has 0 aliphatic carbocycles. The quantitative estimate of drug-likeness (QED) is 0.410. The molecule has 1 N–H and O–H groups in total. The van der Waals surface area contributed by atoms with Crippen molar-refractivity contribution in [2.24, 2.45) is 0 Å². The van der Waals surface area contributed by atoms with Gasteiger partial charge in [-0.25, -0.2) is 0 Å². The molecule has 0 atom stereocenters. The van der Waals surface area contributed by atoms with Gasteiger partial charge in [-0.05, 0) is 0 Å². The summed E-state index contributed by atoms with van der Waals surface area (Å²) in [5.74, 6) is -1.00. The van der Waals surface area contributed by atoms with Gasteiger partial charge in [0.25, 0.3) is 0 Å². The van der Waals surface area contributed by atoms with Crippen LogP contribution in [0.25, 0.3) is 0 Å². The van der Waals surface area contributed by atoms with Crippen molar-refractivity contribution in [1.29, 1.82) is 0 Å². The summed E-state index contributed by atoms with van der Waals surface area (Å²) >= 11 is 0. The van der Waals surface area contributed by atoms with Crippen molar-refractivity contribution in [1.82, 2.24) is 0 Å². The van der Waals surface area contributed by atoms with E-state index in [1.807, 2.05) is 0 Å². The number of carbonyl (C=O) groups is 3. The van der Waals surface area contributed by atoms with E-state index >= 15 is 0 Å². The van der Waals surface area contributed by atoms with Crippen LogP contribution in [-0.2, 0) is 28.6 Å². The SMILES string of the molecule is CC(=O)OCC[NH+](CCOC(C)=O)CCOC(C)=O. The van der Waals surface area contributed by atoms with Crippen molar-refractivity contribution < 1.29 is 33.5 Å². The number of ether oxygens (including phenoxy) is 3. The molecule has 0 radical (unpaired) electrons. The Bertz CT molecular complexity index is 257. The van der Waals surface area contributed by atoms with Crippen LogP contribution in [0.1, 0.15) is 20.8 Å². The maximum atomic E-state index is 10.7. The summed E-state index contributed by atoms with van der Waals surface area (Å²) in [5, 5.41) is 0. The molecule has 0 aromatic heterocycles. The molecule has 0 saturated carbocycles. The molecule has 7 heteroatoms. The summed E-state index contributed by atoms with van der Waals surface area (Å²) in [7, 11) is 0. The Morgan fingerprint density at radius 2 is 0.947 bits per heavy atom. The van der Waals surface area contributed by atoms with Crippen molar-refractivity contribution in [3.63, 3.8) is 0 Å². The highest BCUT2D eigenvalue weighted by atomic mass is 16.5. The molecular weight excluding hydrogens is 254 g/mol. The number of rotatable bonds is 9. The van der Waals surface area contributed by atoms with Crippen LogP contribution in [0.2, 0.25) is 0 Å². The molecule has 110 valence electrons. The van der Waals surface area contributed by atoms with Gasteiger partial charge < -0.3 is 19.1 Å². The van der Waals surface area contributed by atoms with Gasteiger partial charge in [0, 0.05) is 20.8 Å². The van der Waals surface area contributed by atoms with E-state index in [0.717, 1.165) is 4.90 Å². The lowest BCUT2D eigenvalue weighted by atomic mass is 10.4. The van der Waals surface area contributed by atoms with Crippen LogP contribution >= 0.6 is 0 Å². The Hall–Kier alpha value is -1.63. The molecule has 0 saturated heterocycles. The first kappa shape index (κ1) is 17.4. The lowest BCUT2D eigenvalue weighted by molar-refractivity contribution is -0.900. The first-order valence-electron chi connectivity index (χ1n) is 6.15. The molecule has 0 aliphatic rings. The first-order valence-corrected chi connectivity index (χ1v) is 6.15. The summed E-state index contributed by atoms with van der Waals surface area (Å²) in [6.07, 6.45) is 0. The molecule has 0 rings (SSSR count). The van der Waals surface area contributed by atoms with E-state index in [9.17, 15) is 14.4 Å². The highest BCUT2D eigenvalue weighted by Crippen LogP contribution is 1.76. The third kappa shape index (κ3) is 12.6. The summed E-state index contributed by atoms with van der Waals surface area (Å²) in [6.45, 7) is 6.60. The average Bonchev–Trinajstić information content (AvgIpc) is 2.26. The highest BCUT2D eigenvalue weighted by molar-refractivity contribution is 5.66. The van der Waals surface area contributed by atoms with Crippen LogP contribution in [0.3, 0.4) is 0 Å². The fraction of sp³-hybridized carbons (Fsp3) is 0.750. The van der Waals surface area contributed by atoms with Gasteiger partial charge >= 0.3 is 17.9 Å². The van der Waals surface area contributed by atoms with Crippen LogP contribution in [-0.4, -0.2) is 57.4 Å². The summed E-state index contributed by atoms with van der Waals surface area (Å²) in [4.78, 5) is 33.0. The van der Waals surface area contributed by atoms with Crippen molar-refractivity contribution in [3.8, 4) is 0 Å². The molecule has 0 heterocycles. The molecule has 7 nitrogen and oxygen atoms in total. The third-order valence-corrected chi connectivity index (χ3v) is 2.28. The lowest BCUT2D eigenvalue weighted by Crippen LogP contribution is -3.13. The predicted octanol–water partition coefficient (Wildman–Crippen LogP) is -1.44. The second kappa shape index (κ2) is 10.3. The van der Waals surface area contributed by atoms with Crippen molar-refractivity contribution in [3.05, 3.63) is 0 Å². The molecule has 0 aromatic rings. The highest BCUT2D eigenvalue weighted by Gasteiger charge is 2.11. The fourth-order valence-electron chi connectivity index (χ4n) is 1.39. The zero-order valence-corrected chi connectivity index (χ0v) is 11.7. The fourth-order valence-corrected chi connectivity index (χ4v) is 1.39. The van der Waals surface area contributed by atoms with E-state index in [4.69, 9.17) is 14.2 Å². The van der Waals surface area contributed by atoms with Gasteiger partial charge in [0.1, 0.15) is 39.5 Å². The molecule has 19 heavy (non-hydrogen) atoms. The minimum Gasteiger partial charge on any atom is -0.460 e. The number of carbonyl (C=O) groups excluding carboxylic acids is 3. The number of esters is 3. The first-order chi connectivity index (χ1) is 8.91. The number of hydrogen-bond acceptors (Lipinski definition) is 6. The van der Waals surface area contributed by atoms with E-state index < -0.39 is 0 Å². The van der Waals surface area contributed by atoms with Gasteiger partial charge in [0.05, 0.1) is 0 Å². The third-order valence-electron chi connectivity index (χ3n) is 2.28. The molecule has 0 bridgehead atoms. The standard InChI is InChI=1S/C12H21NO6/c1-10(14)17-7-4-13(5-8-18-11(2)15)6-9-19-12(3)16/h4-9H2,1-3H3/p+1. The van der Waals surface area contributed by atoms with E-state index in [2.05, 4.69) is 0 Å². The molecule has 0 aliphatic heterocycles. The van der Waals surface area contributed by atoms with Gasteiger partial charge in [0.15, 0.2) is 0 Å². The predicted molar refractivity (Wildman–Crippen MR) is 65.5 cm³/mol. The smallest absolute Gasteiger partial charge is 0.302 e. The van der Waals surface area contributed by atoms with Gasteiger partial charge in [-0.2, -0.15) is 0 Å². The summed E-state index contributed by atoms with van der Waals surface area (Å²) in [6, 6.07) is 0. The Kier molecular flexibility index (Phi) is 9.42. The molecule has 0 amide bonds. The monoisotopic (exact) mass is 276 g/mol. The maximum Gasteiger partial charge on any atom is 0.302 e. The summed E-state index contributed by atoms with van der Waals surface area (Å²) < 4.78 is 14.6. The zero-order valence-electron chi connectivity index (χ0n) is 11.7. The normalized spacial score (nSPS) is 10.1. The molecule has 0 unspecified atom stereocenters. The molecular formula is C12H22NO6+. The second-order valence-corrected chi connectivity index (χ2v) is 4.02. The van der Waals surface area contributed by atoms with E-state index in [1.54, 1.807) is 0 Å². The van der Waals surface area contributed by atoms with Crippen LogP contribution in [0, 0.1) is 0 Å². The maximum absolute atomic E-state index is 10.7. The molecule has 0 fully saturated rings. The molecule has 0 spiro atoms. The van der Waals surface area contributed by atoms with Gasteiger partial charge in [-0.3, -0.25) is 14.4 Å². The van der Waals surface area contributed by atoms with Crippen molar-refractivity contribution >= 4 is 17.9 Å². The van der Waals surface area contributed by atoms with Gasteiger partial charge in [-0.15, -0.1) is 0 Å². The Labute approximate surface area is 112 Å². The van der Waals surface area contributed by atoms with Crippen molar-refractivity contribution in [2.45, 2.75) is 20.8 Å². The van der Waals surface area contributed by atoms with E-state index in [0.29, 0.717) is 19.6 Å². The lowest BCUT2D eigenvalue weighted by Gasteiger charge is -2.18. The minimum absolute atomic E-state index is 0.283. The van der Waals surface area contributed by atoms with Crippen LogP contribution in [0.4, 0.5) is 0 Å². The Balaban J connectivity index is 3.94. The number of quaternary nitrogens is 1. The minimum atomic E-state index is -0.334. The zero-order chi connectivity index (χ0) is 14.7. The number of nitrogens with one attached hydrogen (secondary N) is 1. The van der Waals surface area contributed by atoms with Gasteiger partial charge in [-0.1, -0.05) is 0 Å². The van der Waals surface area contributed by atoms with E-state index in [1.165, 1.54) is 20.8 Å². The Morgan fingerprint density at radius 1 is 0.684 bits per heavy atom. The van der Waals surface area contributed by atoms with Crippen LogP contribution in [0.15, 0.2) is 0 Å². The van der Waals surface area contributed by atoms with Crippen molar-refractivity contribution in [2.75, 3.05) is 39.5 Å².